The van der Waals surface area contributed by atoms with Crippen molar-refractivity contribution in [3.05, 3.63) is 108 Å². The number of pyridine rings is 1. The first-order valence-corrected chi connectivity index (χ1v) is 18.6. The maximum atomic E-state index is 5.75. The van der Waals surface area contributed by atoms with Crippen molar-refractivity contribution >= 4 is 39.8 Å². The third-order valence-electron chi connectivity index (χ3n) is 7.01. The Balaban J connectivity index is 1.12. The van der Waals surface area contributed by atoms with E-state index in [9.17, 15) is 0 Å². The minimum Gasteiger partial charge on any atom is -0.490 e. The molecule has 0 saturated heterocycles. The van der Waals surface area contributed by atoms with Gasteiger partial charge in [-0.05, 0) is 86.5 Å². The summed E-state index contributed by atoms with van der Waals surface area (Å²) in [6.07, 6.45) is 19.5. The van der Waals surface area contributed by atoms with Gasteiger partial charge in [-0.15, -0.1) is 0 Å². The van der Waals surface area contributed by atoms with Gasteiger partial charge in [0.05, 0.1) is 32.2 Å². The lowest BCUT2D eigenvalue weighted by Gasteiger charge is -2.21. The number of benzene rings is 2. The van der Waals surface area contributed by atoms with Crippen molar-refractivity contribution in [2.45, 2.75) is 34.2 Å². The molecule has 2 heterocycles. The van der Waals surface area contributed by atoms with Gasteiger partial charge in [-0.2, -0.15) is 0 Å². The third-order valence-corrected chi connectivity index (χ3v) is 9.37. The Hall–Kier alpha value is -3.75. The maximum Gasteiger partial charge on any atom is 0.169 e. The van der Waals surface area contributed by atoms with Gasteiger partial charge in [-0.3, -0.25) is 0 Å². The van der Waals surface area contributed by atoms with Crippen molar-refractivity contribution < 1.29 is 23.5 Å². The van der Waals surface area contributed by atoms with E-state index < -0.39 is 0 Å². The highest BCUT2D eigenvalue weighted by molar-refractivity contribution is 8.76. The molecule has 46 heavy (non-hydrogen) atoms. The molecule has 0 unspecified atom stereocenters. The normalized spacial score (nSPS) is 13.0. The van der Waals surface area contributed by atoms with Gasteiger partial charge in [0.25, 0.3) is 0 Å². The Morgan fingerprint density at radius 1 is 0.652 bits per heavy atom. The first-order chi connectivity index (χ1) is 22.6. The Kier molecular flexibility index (Phi) is 15.0. The molecule has 0 atom stereocenters. The highest BCUT2D eigenvalue weighted by Crippen LogP contribution is 2.30. The first-order valence-electron chi connectivity index (χ1n) is 16.1. The fourth-order valence-corrected chi connectivity index (χ4v) is 6.69. The van der Waals surface area contributed by atoms with Crippen LogP contribution < -0.4 is 23.5 Å². The summed E-state index contributed by atoms with van der Waals surface area (Å²) >= 11 is 0. The molecule has 3 aromatic rings. The number of allylic oxidation sites excluding steroid dienone is 3. The number of aromatic nitrogens is 1. The molecule has 0 bridgehead atoms. The largest absolute Gasteiger partial charge is 0.490 e. The molecule has 0 amide bonds. The summed E-state index contributed by atoms with van der Waals surface area (Å²) in [5, 5.41) is 0. The topological polar surface area (TPSA) is 44.0 Å². The van der Waals surface area contributed by atoms with Gasteiger partial charge in [0.2, 0.25) is 0 Å². The number of nitrogens with zero attached hydrogens (tertiary/aromatic N) is 2. The Bertz CT molecular complexity index is 1480. The van der Waals surface area contributed by atoms with Crippen LogP contribution in [0.5, 0.6) is 23.0 Å². The van der Waals surface area contributed by atoms with Crippen LogP contribution in [0.1, 0.15) is 44.4 Å². The van der Waals surface area contributed by atoms with Crippen LogP contribution in [0.2, 0.25) is 0 Å². The van der Waals surface area contributed by atoms with Gasteiger partial charge in [-0.25, -0.2) is 4.57 Å². The quantitative estimate of drug-likeness (QED) is 0.0726. The predicted octanol–water partition coefficient (Wildman–Crippen LogP) is 8.59. The van der Waals surface area contributed by atoms with Crippen molar-refractivity contribution in [1.29, 1.82) is 0 Å². The summed E-state index contributed by atoms with van der Waals surface area (Å²) in [4.78, 5) is 2.36. The molecule has 8 heteroatoms. The standard InChI is InChI=1S/C38H47N2O4S2/c1-5-41-35-15-13-33(29-37(35)43-7-3)11-9-31-17-21-39(22-18-31)25-27-45-46-28-26-40-23-19-32(20-24-40)10-12-34-14-16-36(42-6-2)38(30-34)44-8-4/h9-23,29-30H,5-8,24-28H2,1-4H3/q+1/b11-9+,12-10+. The lowest BCUT2D eigenvalue weighted by molar-refractivity contribution is -0.692. The average Bonchev–Trinajstić information content (AvgIpc) is 3.08. The highest BCUT2D eigenvalue weighted by Gasteiger charge is 2.08. The van der Waals surface area contributed by atoms with Crippen LogP contribution in [0, 0.1) is 0 Å². The Morgan fingerprint density at radius 2 is 1.20 bits per heavy atom. The molecule has 6 nitrogen and oxygen atoms in total. The van der Waals surface area contributed by atoms with E-state index in [-0.39, 0.29) is 0 Å². The zero-order chi connectivity index (χ0) is 32.4. The summed E-state index contributed by atoms with van der Waals surface area (Å²) in [6, 6.07) is 16.5. The van der Waals surface area contributed by atoms with Gasteiger partial charge in [0, 0.05) is 31.0 Å². The van der Waals surface area contributed by atoms with E-state index >= 15 is 0 Å². The van der Waals surface area contributed by atoms with Crippen molar-refractivity contribution in [1.82, 2.24) is 4.90 Å². The molecule has 4 rings (SSSR count). The number of hydrogen-bond donors (Lipinski definition) is 0. The third kappa shape index (κ3) is 11.6. The molecular weight excluding hydrogens is 613 g/mol. The molecule has 0 fully saturated rings. The summed E-state index contributed by atoms with van der Waals surface area (Å²) in [7, 11) is 3.88. The van der Waals surface area contributed by atoms with Crippen LogP contribution in [-0.2, 0) is 6.54 Å². The molecule has 0 aliphatic carbocycles. The number of rotatable bonds is 19. The van der Waals surface area contributed by atoms with Crippen LogP contribution in [-0.4, -0.2) is 55.9 Å². The van der Waals surface area contributed by atoms with E-state index in [0.29, 0.717) is 26.4 Å². The van der Waals surface area contributed by atoms with E-state index in [0.717, 1.165) is 65.3 Å². The molecule has 0 N–H and O–H groups in total. The lowest BCUT2D eigenvalue weighted by atomic mass is 10.1. The van der Waals surface area contributed by atoms with Gasteiger partial charge in [0.15, 0.2) is 41.9 Å². The van der Waals surface area contributed by atoms with Crippen molar-refractivity contribution in [3.8, 4) is 23.0 Å². The van der Waals surface area contributed by atoms with E-state index in [4.69, 9.17) is 18.9 Å². The smallest absolute Gasteiger partial charge is 0.169 e. The van der Waals surface area contributed by atoms with Gasteiger partial charge < -0.3 is 23.8 Å². The molecule has 2 aromatic carbocycles. The van der Waals surface area contributed by atoms with Crippen LogP contribution in [0.15, 0.2) is 90.9 Å². The Labute approximate surface area is 283 Å². The second kappa shape index (κ2) is 19.7. The van der Waals surface area contributed by atoms with E-state index in [1.807, 2.05) is 73.5 Å². The van der Waals surface area contributed by atoms with Gasteiger partial charge in [0.1, 0.15) is 0 Å². The van der Waals surface area contributed by atoms with E-state index in [2.05, 4.69) is 88.8 Å². The number of ether oxygens (including phenoxy) is 4. The fraction of sp³-hybridized carbons (Fsp3) is 0.342. The second-order valence-electron chi connectivity index (χ2n) is 10.3. The predicted molar refractivity (Wildman–Crippen MR) is 196 cm³/mol. The minimum absolute atomic E-state index is 0.610. The zero-order valence-corrected chi connectivity index (χ0v) is 29.2. The van der Waals surface area contributed by atoms with Crippen molar-refractivity contribution in [3.63, 3.8) is 0 Å². The van der Waals surface area contributed by atoms with E-state index in [1.54, 1.807) is 0 Å². The highest BCUT2D eigenvalue weighted by atomic mass is 33.1. The number of aryl methyl sites for hydroxylation is 1. The lowest BCUT2D eigenvalue weighted by Crippen LogP contribution is -2.33. The van der Waals surface area contributed by atoms with Crippen LogP contribution in [0.3, 0.4) is 0 Å². The summed E-state index contributed by atoms with van der Waals surface area (Å²) in [6.45, 7) is 13.4. The first kappa shape index (κ1) is 35.1. The van der Waals surface area contributed by atoms with Gasteiger partial charge >= 0.3 is 0 Å². The molecule has 0 saturated carbocycles. The van der Waals surface area contributed by atoms with E-state index in [1.165, 1.54) is 11.1 Å². The van der Waals surface area contributed by atoms with Crippen LogP contribution >= 0.6 is 21.6 Å². The molecule has 0 spiro atoms. The zero-order valence-electron chi connectivity index (χ0n) is 27.5. The molecule has 1 aliphatic rings. The molecule has 1 aromatic heterocycles. The summed E-state index contributed by atoms with van der Waals surface area (Å²) in [5.41, 5.74) is 4.57. The minimum atomic E-state index is 0.610. The summed E-state index contributed by atoms with van der Waals surface area (Å²) in [5.74, 6) is 5.31. The van der Waals surface area contributed by atoms with Crippen LogP contribution in [0.4, 0.5) is 0 Å². The summed E-state index contributed by atoms with van der Waals surface area (Å²) < 4.78 is 25.1. The van der Waals surface area contributed by atoms with Gasteiger partial charge in [-0.1, -0.05) is 64.1 Å². The molecule has 0 radical (unpaired) electrons. The monoisotopic (exact) mass is 659 g/mol. The Morgan fingerprint density at radius 3 is 1.76 bits per heavy atom. The van der Waals surface area contributed by atoms with Crippen molar-refractivity contribution in [2.24, 2.45) is 0 Å². The average molecular weight is 660 g/mol. The molecular formula is C38H47N2O4S2+. The molecule has 244 valence electrons. The number of hydrogen-bond acceptors (Lipinski definition) is 7. The van der Waals surface area contributed by atoms with Crippen molar-refractivity contribution in [2.75, 3.05) is 51.0 Å². The van der Waals surface area contributed by atoms with Crippen LogP contribution in [0.25, 0.3) is 18.2 Å². The maximum absolute atomic E-state index is 5.75. The second-order valence-corrected chi connectivity index (χ2v) is 13.0. The molecule has 1 aliphatic heterocycles. The SMILES string of the molecule is CCOc1ccc(/C=C/C2=CCN(CCSSCC[n+]3ccc(/C=C/c4ccc(OCC)c(OCC)c4)cc3)C=C2)cc1OCC. The fourth-order valence-electron chi connectivity index (χ4n) is 4.70.